The maximum absolute atomic E-state index is 11.5. The van der Waals surface area contributed by atoms with Crippen LogP contribution in [0, 0.1) is 5.92 Å². The van der Waals surface area contributed by atoms with Crippen LogP contribution in [0.25, 0.3) is 0 Å². The molecule has 0 aromatic rings. The standard InChI is InChI=1S/C10H20N2O4/c1-6(13)5-12(4)10(16)11-8(3)7(2)9(14)15/h6-8,13H,5H2,1-4H3,(H,11,16)(H,14,15). The number of urea groups is 1. The minimum absolute atomic E-state index is 0.208. The number of rotatable bonds is 5. The number of hydrogen-bond acceptors (Lipinski definition) is 3. The van der Waals surface area contributed by atoms with Crippen LogP contribution in [-0.2, 0) is 4.79 Å². The van der Waals surface area contributed by atoms with E-state index in [0.29, 0.717) is 0 Å². The zero-order valence-electron chi connectivity index (χ0n) is 10.1. The minimum atomic E-state index is -0.953. The number of carboxylic acids is 1. The second-order valence-corrected chi connectivity index (χ2v) is 4.09. The van der Waals surface area contributed by atoms with Gasteiger partial charge in [-0.05, 0) is 20.8 Å². The van der Waals surface area contributed by atoms with E-state index in [9.17, 15) is 9.59 Å². The molecule has 0 aliphatic carbocycles. The van der Waals surface area contributed by atoms with E-state index >= 15 is 0 Å². The predicted molar refractivity (Wildman–Crippen MR) is 59.1 cm³/mol. The normalized spacial score (nSPS) is 16.1. The molecular formula is C10H20N2O4. The number of aliphatic hydroxyl groups excluding tert-OH is 1. The molecule has 0 radical (unpaired) electrons. The van der Waals surface area contributed by atoms with Gasteiger partial charge >= 0.3 is 12.0 Å². The topological polar surface area (TPSA) is 89.9 Å². The molecule has 0 heterocycles. The molecule has 0 bridgehead atoms. The van der Waals surface area contributed by atoms with E-state index in [1.54, 1.807) is 20.9 Å². The van der Waals surface area contributed by atoms with E-state index in [-0.39, 0.29) is 12.6 Å². The van der Waals surface area contributed by atoms with Gasteiger partial charge in [-0.25, -0.2) is 4.79 Å². The first-order valence-electron chi connectivity index (χ1n) is 5.18. The monoisotopic (exact) mass is 232 g/mol. The Morgan fingerprint density at radius 1 is 1.31 bits per heavy atom. The van der Waals surface area contributed by atoms with Gasteiger partial charge in [-0.2, -0.15) is 0 Å². The number of nitrogens with zero attached hydrogens (tertiary/aromatic N) is 1. The van der Waals surface area contributed by atoms with Gasteiger partial charge in [0.15, 0.2) is 0 Å². The Kier molecular flexibility index (Phi) is 5.81. The van der Waals surface area contributed by atoms with Crippen LogP contribution in [0.3, 0.4) is 0 Å². The molecule has 0 saturated heterocycles. The van der Waals surface area contributed by atoms with Gasteiger partial charge in [-0.3, -0.25) is 4.79 Å². The first-order valence-corrected chi connectivity index (χ1v) is 5.18. The average Bonchev–Trinajstić information content (AvgIpc) is 2.14. The van der Waals surface area contributed by atoms with Crippen molar-refractivity contribution < 1.29 is 19.8 Å². The summed E-state index contributed by atoms with van der Waals surface area (Å²) in [7, 11) is 1.54. The van der Waals surface area contributed by atoms with E-state index in [2.05, 4.69) is 5.32 Å². The van der Waals surface area contributed by atoms with Crippen molar-refractivity contribution in [1.29, 1.82) is 0 Å². The number of aliphatic hydroxyl groups is 1. The van der Waals surface area contributed by atoms with E-state index in [4.69, 9.17) is 10.2 Å². The van der Waals surface area contributed by atoms with Gasteiger partial charge < -0.3 is 20.4 Å². The third-order valence-corrected chi connectivity index (χ3v) is 2.38. The summed E-state index contributed by atoms with van der Waals surface area (Å²) in [5.74, 6) is -1.60. The minimum Gasteiger partial charge on any atom is -0.481 e. The van der Waals surface area contributed by atoms with Gasteiger partial charge in [-0.1, -0.05) is 0 Å². The Morgan fingerprint density at radius 3 is 2.19 bits per heavy atom. The Labute approximate surface area is 95.2 Å². The number of carbonyl (C=O) groups is 2. The first kappa shape index (κ1) is 14.7. The van der Waals surface area contributed by atoms with Crippen molar-refractivity contribution in [3.8, 4) is 0 Å². The molecule has 0 saturated carbocycles. The van der Waals surface area contributed by atoms with Crippen molar-refractivity contribution in [2.75, 3.05) is 13.6 Å². The van der Waals surface area contributed by atoms with E-state index in [1.807, 2.05) is 0 Å². The van der Waals surface area contributed by atoms with E-state index < -0.39 is 24.0 Å². The summed E-state index contributed by atoms with van der Waals surface area (Å²) in [5.41, 5.74) is 0. The molecule has 6 heteroatoms. The van der Waals surface area contributed by atoms with Crippen molar-refractivity contribution in [3.05, 3.63) is 0 Å². The van der Waals surface area contributed by atoms with Crippen LogP contribution in [0.15, 0.2) is 0 Å². The lowest BCUT2D eigenvalue weighted by Crippen LogP contribution is -2.47. The summed E-state index contributed by atoms with van der Waals surface area (Å²) in [6.45, 7) is 4.95. The smallest absolute Gasteiger partial charge is 0.317 e. The fourth-order valence-corrected chi connectivity index (χ4v) is 1.12. The lowest BCUT2D eigenvalue weighted by atomic mass is 10.0. The molecule has 94 valence electrons. The molecule has 0 rings (SSSR count). The van der Waals surface area contributed by atoms with Crippen molar-refractivity contribution in [3.63, 3.8) is 0 Å². The molecule has 16 heavy (non-hydrogen) atoms. The van der Waals surface area contributed by atoms with Crippen molar-refractivity contribution in [1.82, 2.24) is 10.2 Å². The van der Waals surface area contributed by atoms with Crippen molar-refractivity contribution in [2.45, 2.75) is 32.9 Å². The lowest BCUT2D eigenvalue weighted by Gasteiger charge is -2.24. The maximum Gasteiger partial charge on any atom is 0.317 e. The Bertz CT molecular complexity index is 255. The third kappa shape index (κ3) is 4.97. The molecule has 3 N–H and O–H groups in total. The highest BCUT2D eigenvalue weighted by Gasteiger charge is 2.22. The summed E-state index contributed by atoms with van der Waals surface area (Å²) >= 11 is 0. The average molecular weight is 232 g/mol. The van der Waals surface area contributed by atoms with Crippen LogP contribution in [-0.4, -0.2) is 52.9 Å². The number of aliphatic carboxylic acids is 1. The molecule has 6 nitrogen and oxygen atoms in total. The predicted octanol–water partition coefficient (Wildman–Crippen LogP) is 0.118. The maximum atomic E-state index is 11.5. The number of nitrogens with one attached hydrogen (secondary N) is 1. The quantitative estimate of drug-likeness (QED) is 0.628. The number of hydrogen-bond donors (Lipinski definition) is 3. The van der Waals surface area contributed by atoms with Gasteiger partial charge in [0.1, 0.15) is 0 Å². The summed E-state index contributed by atoms with van der Waals surface area (Å²) < 4.78 is 0. The number of amides is 2. The first-order chi connectivity index (χ1) is 7.25. The Balaban J connectivity index is 4.18. The third-order valence-electron chi connectivity index (χ3n) is 2.38. The van der Waals surface area contributed by atoms with E-state index in [0.717, 1.165) is 0 Å². The highest BCUT2D eigenvalue weighted by atomic mass is 16.4. The molecule has 0 aromatic heterocycles. The van der Waals surface area contributed by atoms with Gasteiger partial charge in [0, 0.05) is 19.6 Å². The van der Waals surface area contributed by atoms with Crippen LogP contribution < -0.4 is 5.32 Å². The SMILES string of the molecule is CC(O)CN(C)C(=O)NC(C)C(C)C(=O)O. The summed E-state index contributed by atoms with van der Waals surface area (Å²) in [6, 6.07) is -0.844. The Hall–Kier alpha value is -1.30. The molecule has 0 aliphatic heterocycles. The second-order valence-electron chi connectivity index (χ2n) is 4.09. The largest absolute Gasteiger partial charge is 0.481 e. The highest BCUT2D eigenvalue weighted by molar-refractivity contribution is 5.76. The molecular weight excluding hydrogens is 212 g/mol. The molecule has 0 aromatic carbocycles. The number of likely N-dealkylation sites (N-methyl/N-ethyl adjacent to an activating group) is 1. The molecule has 3 atom stereocenters. The lowest BCUT2D eigenvalue weighted by molar-refractivity contribution is -0.141. The summed E-state index contributed by atoms with van der Waals surface area (Å²) in [5, 5.41) is 20.4. The Morgan fingerprint density at radius 2 is 1.81 bits per heavy atom. The fourth-order valence-electron chi connectivity index (χ4n) is 1.12. The highest BCUT2D eigenvalue weighted by Crippen LogP contribution is 2.03. The molecule has 0 aliphatic rings. The fraction of sp³-hybridized carbons (Fsp3) is 0.800. The van der Waals surface area contributed by atoms with Gasteiger partial charge in [0.2, 0.25) is 0 Å². The van der Waals surface area contributed by atoms with Crippen LogP contribution in [0.5, 0.6) is 0 Å². The second kappa shape index (κ2) is 6.32. The summed E-state index contributed by atoms with van der Waals surface area (Å²) in [6.07, 6.45) is -0.608. The van der Waals surface area contributed by atoms with Gasteiger partial charge in [0.05, 0.1) is 12.0 Å². The number of carbonyl (C=O) groups excluding carboxylic acids is 1. The number of carboxylic acid groups (broad SMARTS) is 1. The van der Waals surface area contributed by atoms with Crippen LogP contribution in [0.2, 0.25) is 0 Å². The van der Waals surface area contributed by atoms with Gasteiger partial charge in [-0.15, -0.1) is 0 Å². The molecule has 2 amide bonds. The molecule has 0 fully saturated rings. The van der Waals surface area contributed by atoms with Crippen LogP contribution >= 0.6 is 0 Å². The summed E-state index contributed by atoms with van der Waals surface area (Å²) in [4.78, 5) is 23.5. The zero-order valence-corrected chi connectivity index (χ0v) is 10.1. The molecule has 3 unspecified atom stereocenters. The van der Waals surface area contributed by atoms with E-state index in [1.165, 1.54) is 11.8 Å². The van der Waals surface area contributed by atoms with Gasteiger partial charge in [0.25, 0.3) is 0 Å². The van der Waals surface area contributed by atoms with Crippen LogP contribution in [0.4, 0.5) is 4.79 Å². The van der Waals surface area contributed by atoms with Crippen molar-refractivity contribution in [2.24, 2.45) is 5.92 Å². The zero-order chi connectivity index (χ0) is 12.9. The van der Waals surface area contributed by atoms with Crippen LogP contribution in [0.1, 0.15) is 20.8 Å². The molecule has 0 spiro atoms. The van der Waals surface area contributed by atoms with Crippen molar-refractivity contribution >= 4 is 12.0 Å².